The van der Waals surface area contributed by atoms with E-state index in [-0.39, 0.29) is 32.7 Å². The van der Waals surface area contributed by atoms with Crippen LogP contribution in [-0.2, 0) is 35.9 Å². The van der Waals surface area contributed by atoms with Gasteiger partial charge in [0.2, 0.25) is 0 Å². The Morgan fingerprint density at radius 1 is 1.86 bits per heavy atom. The zero-order valence-corrected chi connectivity index (χ0v) is 6.01. The van der Waals surface area contributed by atoms with Crippen molar-refractivity contribution in [1.82, 2.24) is 0 Å². The summed E-state index contributed by atoms with van der Waals surface area (Å²) in [5, 5.41) is 7.41. The summed E-state index contributed by atoms with van der Waals surface area (Å²) in [6.07, 6.45) is 0. The summed E-state index contributed by atoms with van der Waals surface area (Å²) in [5.74, 6) is -0.824. The van der Waals surface area contributed by atoms with Gasteiger partial charge in [-0.05, 0) is 0 Å². The molecule has 0 heterocycles. The van der Waals surface area contributed by atoms with E-state index in [9.17, 15) is 4.79 Å². The maximum Gasteiger partial charge on any atom is 0.355 e. The van der Waals surface area contributed by atoms with Gasteiger partial charge in [0.25, 0.3) is 0 Å². The quantitative estimate of drug-likeness (QED) is 0.401. The van der Waals surface area contributed by atoms with Gasteiger partial charge in [-0.1, -0.05) is 0 Å². The molecule has 0 fully saturated rings. The Morgan fingerprint density at radius 2 is 2.29 bits per heavy atom. The van der Waals surface area contributed by atoms with Crippen LogP contribution in [0.3, 0.4) is 0 Å². The van der Waals surface area contributed by atoms with Crippen molar-refractivity contribution in [3.63, 3.8) is 0 Å². The monoisotopic (exact) mass is 181 g/mol. The third-order valence-corrected chi connectivity index (χ3v) is 0.268. The van der Waals surface area contributed by atoms with Crippen LogP contribution in [0, 0.1) is 0 Å². The number of carbonyl (C=O) groups excluding carboxylic acids is 1. The van der Waals surface area contributed by atoms with E-state index < -0.39 is 5.97 Å². The van der Waals surface area contributed by atoms with E-state index in [1.54, 1.807) is 0 Å². The predicted octanol–water partition coefficient (Wildman–Crippen LogP) is -1.04. The smallest absolute Gasteiger partial charge is 0.321 e. The van der Waals surface area contributed by atoms with E-state index in [0.29, 0.717) is 0 Å². The van der Waals surface area contributed by atoms with E-state index in [1.165, 1.54) is 0 Å². The van der Waals surface area contributed by atoms with Crippen LogP contribution >= 0.6 is 0 Å². The normalized spacial score (nSPS) is 6.57. The van der Waals surface area contributed by atoms with Gasteiger partial charge in [-0.15, -0.1) is 0 Å². The Hall–Kier alpha value is 0.273. The van der Waals surface area contributed by atoms with Crippen LogP contribution in [0.5, 0.6) is 0 Å². The molecule has 0 atom stereocenters. The molecule has 7 heavy (non-hydrogen) atoms. The minimum Gasteiger partial charge on any atom is -0.321 e. The van der Waals surface area contributed by atoms with Crippen LogP contribution in [0.15, 0.2) is 0 Å². The van der Waals surface area contributed by atoms with Crippen LogP contribution in [0.25, 0.3) is 0 Å². The summed E-state index contributed by atoms with van der Waals surface area (Å²) in [4.78, 5) is 12.7. The molecule has 0 unspecified atom stereocenters. The van der Waals surface area contributed by atoms with Crippen LogP contribution in [0.1, 0.15) is 0 Å². The van der Waals surface area contributed by atoms with Gasteiger partial charge < -0.3 is 5.73 Å². The first-order chi connectivity index (χ1) is 2.81. The summed E-state index contributed by atoms with van der Waals surface area (Å²) in [6, 6.07) is 0. The van der Waals surface area contributed by atoms with E-state index in [4.69, 9.17) is 5.26 Å². The van der Waals surface area contributed by atoms with Crippen molar-refractivity contribution >= 4 is 5.97 Å². The van der Waals surface area contributed by atoms with Gasteiger partial charge in [0, 0.05) is 26.2 Å². The standard InChI is InChI=1S/C2H5NO3.Zr/c3-1-2(4)6-5;/h5H,1,3H2;. The Morgan fingerprint density at radius 3 is 2.29 bits per heavy atom. The summed E-state index contributed by atoms with van der Waals surface area (Å²) in [6.45, 7) is -0.281. The average Bonchev–Trinajstić information content (AvgIpc) is 1.65. The first-order valence-corrected chi connectivity index (χ1v) is 1.35. The molecular weight excluding hydrogens is 177 g/mol. The second-order valence-electron chi connectivity index (χ2n) is 0.667. The van der Waals surface area contributed by atoms with Crippen molar-refractivity contribution in [2.24, 2.45) is 5.73 Å². The molecular formula is C2H5NO3Zr. The fraction of sp³-hybridized carbons (Fsp3) is 0.500. The van der Waals surface area contributed by atoms with Crippen LogP contribution < -0.4 is 5.73 Å². The molecule has 0 aliphatic heterocycles. The third-order valence-electron chi connectivity index (χ3n) is 0.268. The molecule has 0 aromatic carbocycles. The number of carbonyl (C=O) groups is 1. The van der Waals surface area contributed by atoms with Crippen molar-refractivity contribution in [2.75, 3.05) is 6.54 Å². The molecule has 0 aliphatic rings. The summed E-state index contributed by atoms with van der Waals surface area (Å²) >= 11 is 0. The van der Waals surface area contributed by atoms with Crippen molar-refractivity contribution in [3.8, 4) is 0 Å². The largest absolute Gasteiger partial charge is 0.355 e. The fourth-order valence-corrected chi connectivity index (χ4v) is 0.0373. The Balaban J connectivity index is 0. The van der Waals surface area contributed by atoms with Gasteiger partial charge in [0.15, 0.2) is 0 Å². The molecule has 0 spiro atoms. The van der Waals surface area contributed by atoms with Crippen LogP contribution in [-0.4, -0.2) is 17.8 Å². The number of rotatable bonds is 1. The second kappa shape index (κ2) is 6.27. The zero-order chi connectivity index (χ0) is 4.99. The summed E-state index contributed by atoms with van der Waals surface area (Å²) < 4.78 is 0. The van der Waals surface area contributed by atoms with Gasteiger partial charge >= 0.3 is 5.97 Å². The molecule has 5 heteroatoms. The van der Waals surface area contributed by atoms with Crippen LogP contribution in [0.2, 0.25) is 0 Å². The van der Waals surface area contributed by atoms with Crippen LogP contribution in [0.4, 0.5) is 0 Å². The van der Waals surface area contributed by atoms with Crippen molar-refractivity contribution in [1.29, 1.82) is 0 Å². The minimum atomic E-state index is -0.824. The SMILES string of the molecule is NCC(=O)OO.[Zr]. The summed E-state index contributed by atoms with van der Waals surface area (Å²) in [7, 11) is 0. The predicted molar refractivity (Wildman–Crippen MR) is 17.8 cm³/mol. The summed E-state index contributed by atoms with van der Waals surface area (Å²) in [5.41, 5.74) is 4.65. The van der Waals surface area contributed by atoms with E-state index >= 15 is 0 Å². The first-order valence-electron chi connectivity index (χ1n) is 1.35. The second-order valence-corrected chi connectivity index (χ2v) is 0.667. The van der Waals surface area contributed by atoms with Crippen molar-refractivity contribution in [2.45, 2.75) is 0 Å². The van der Waals surface area contributed by atoms with E-state index in [1.807, 2.05) is 0 Å². The molecule has 0 saturated heterocycles. The molecule has 40 valence electrons. The van der Waals surface area contributed by atoms with Gasteiger partial charge in [-0.3, -0.25) is 4.89 Å². The molecule has 4 nitrogen and oxygen atoms in total. The fourth-order valence-electron chi connectivity index (χ4n) is 0.0373. The van der Waals surface area contributed by atoms with Gasteiger partial charge in [0.05, 0.1) is 6.54 Å². The third kappa shape index (κ3) is 6.27. The minimum absolute atomic E-state index is 0. The Kier molecular flexibility index (Phi) is 9.22. The zero-order valence-electron chi connectivity index (χ0n) is 3.55. The van der Waals surface area contributed by atoms with Crippen molar-refractivity contribution < 1.29 is 41.1 Å². The Labute approximate surface area is 59.7 Å². The Bertz CT molecular complexity index is 50.9. The molecule has 3 N–H and O–H groups in total. The number of hydrogen-bond donors (Lipinski definition) is 2. The van der Waals surface area contributed by atoms with Gasteiger partial charge in [-0.2, -0.15) is 5.26 Å². The first kappa shape index (κ1) is 10.3. The average molecular weight is 182 g/mol. The van der Waals surface area contributed by atoms with Gasteiger partial charge in [0.1, 0.15) is 0 Å². The molecule has 0 aromatic heterocycles. The molecule has 0 aliphatic carbocycles. The number of hydrogen-bond acceptors (Lipinski definition) is 4. The molecule has 0 aromatic rings. The molecule has 0 rings (SSSR count). The van der Waals surface area contributed by atoms with E-state index in [2.05, 4.69) is 10.6 Å². The maximum atomic E-state index is 9.58. The number of nitrogens with two attached hydrogens (primary N) is 1. The van der Waals surface area contributed by atoms with Gasteiger partial charge in [-0.25, -0.2) is 4.79 Å². The molecule has 0 bridgehead atoms. The van der Waals surface area contributed by atoms with E-state index in [0.717, 1.165) is 0 Å². The van der Waals surface area contributed by atoms with Crippen molar-refractivity contribution in [3.05, 3.63) is 0 Å². The molecule has 0 amide bonds. The molecule has 0 saturated carbocycles. The topological polar surface area (TPSA) is 72.6 Å². The maximum absolute atomic E-state index is 9.58. The molecule has 0 radical (unpaired) electrons.